The number of fused-ring (bicyclic) bond motifs is 3. The van der Waals surface area contributed by atoms with E-state index < -0.39 is 6.10 Å². The average Bonchev–Trinajstić information content (AvgIpc) is 2.90. The Balaban J connectivity index is 1.25. The molecule has 1 aliphatic heterocycles. The second-order valence-electron chi connectivity index (χ2n) is 11.7. The molecule has 200 valence electrons. The second kappa shape index (κ2) is 10.8. The zero-order valence-corrected chi connectivity index (χ0v) is 22.3. The number of hydrogen-bond donors (Lipinski definition) is 2. The molecule has 1 amide bonds. The molecule has 0 bridgehead atoms. The van der Waals surface area contributed by atoms with Crippen LogP contribution in [-0.2, 0) is 27.2 Å². The maximum Gasteiger partial charge on any atom is 0.220 e. The van der Waals surface area contributed by atoms with E-state index in [9.17, 15) is 9.90 Å². The maximum atomic E-state index is 13.1. The van der Waals surface area contributed by atoms with Crippen LogP contribution < -0.4 is 10.1 Å². The molecule has 2 aromatic carbocycles. The largest absolute Gasteiger partial charge is 0.496 e. The quantitative estimate of drug-likeness (QED) is 0.559. The van der Waals surface area contributed by atoms with Gasteiger partial charge in [0.1, 0.15) is 5.75 Å². The lowest BCUT2D eigenvalue weighted by molar-refractivity contribution is -0.308. The first kappa shape index (κ1) is 26.2. The van der Waals surface area contributed by atoms with Gasteiger partial charge in [0.2, 0.25) is 5.91 Å². The number of nitrogens with one attached hydrogen (secondary N) is 1. The van der Waals surface area contributed by atoms with Crippen molar-refractivity contribution in [1.82, 2.24) is 5.32 Å². The Hall–Kier alpha value is -2.41. The summed E-state index contributed by atoms with van der Waals surface area (Å²) in [4.78, 5) is 13.1. The third kappa shape index (κ3) is 5.16. The van der Waals surface area contributed by atoms with Crippen LogP contribution in [0.25, 0.3) is 0 Å². The molecule has 2 saturated carbocycles. The molecule has 0 spiro atoms. The molecule has 37 heavy (non-hydrogen) atoms. The molecule has 3 aliphatic rings. The summed E-state index contributed by atoms with van der Waals surface area (Å²) in [5, 5.41) is 14.2. The van der Waals surface area contributed by atoms with Gasteiger partial charge in [-0.1, -0.05) is 62.4 Å². The minimum atomic E-state index is -0.477. The molecule has 0 radical (unpaired) electrons. The van der Waals surface area contributed by atoms with Crippen molar-refractivity contribution >= 4 is 5.91 Å². The lowest BCUT2D eigenvalue weighted by atomic mass is 9.46. The summed E-state index contributed by atoms with van der Waals surface area (Å²) in [5.74, 6) is 0.973. The summed E-state index contributed by atoms with van der Waals surface area (Å²) >= 11 is 0. The van der Waals surface area contributed by atoms with Crippen LogP contribution in [0, 0.1) is 22.7 Å². The van der Waals surface area contributed by atoms with E-state index in [4.69, 9.17) is 14.2 Å². The lowest BCUT2D eigenvalue weighted by Crippen LogP contribution is -2.63. The molecule has 3 fully saturated rings. The highest BCUT2D eigenvalue weighted by Gasteiger charge is 2.61. The molecule has 2 aliphatic carbocycles. The van der Waals surface area contributed by atoms with Crippen molar-refractivity contribution in [3.05, 3.63) is 65.7 Å². The number of benzene rings is 2. The molecule has 1 heterocycles. The summed E-state index contributed by atoms with van der Waals surface area (Å²) < 4.78 is 18.3. The lowest BCUT2D eigenvalue weighted by Gasteiger charge is -2.63. The third-order valence-corrected chi connectivity index (χ3v) is 9.55. The second-order valence-corrected chi connectivity index (χ2v) is 11.7. The Morgan fingerprint density at radius 3 is 2.59 bits per heavy atom. The van der Waals surface area contributed by atoms with Gasteiger partial charge in [0, 0.05) is 30.4 Å². The van der Waals surface area contributed by atoms with E-state index in [0.717, 1.165) is 37.0 Å². The van der Waals surface area contributed by atoms with Gasteiger partial charge in [-0.05, 0) is 54.6 Å². The number of aliphatic hydroxyl groups is 1. The van der Waals surface area contributed by atoms with Crippen LogP contribution in [0.15, 0.2) is 54.6 Å². The molecular weight excluding hydrogens is 466 g/mol. The zero-order valence-electron chi connectivity index (χ0n) is 22.3. The van der Waals surface area contributed by atoms with E-state index in [-0.39, 0.29) is 35.0 Å². The number of para-hydroxylation sites is 1. The Morgan fingerprint density at radius 1 is 1.05 bits per heavy atom. The molecule has 5 rings (SSSR count). The first-order valence-electron chi connectivity index (χ1n) is 13.7. The van der Waals surface area contributed by atoms with Gasteiger partial charge in [0.05, 0.1) is 25.9 Å². The fourth-order valence-electron chi connectivity index (χ4n) is 7.51. The van der Waals surface area contributed by atoms with Crippen LogP contribution in [0.1, 0.15) is 57.1 Å². The van der Waals surface area contributed by atoms with Crippen LogP contribution >= 0.6 is 0 Å². The van der Waals surface area contributed by atoms with Crippen molar-refractivity contribution in [3.8, 4) is 5.75 Å². The summed E-state index contributed by atoms with van der Waals surface area (Å²) in [6.45, 7) is 5.65. The Morgan fingerprint density at radius 2 is 1.81 bits per heavy atom. The molecular formula is C31H41NO5. The first-order valence-corrected chi connectivity index (χ1v) is 13.7. The number of rotatable bonds is 7. The van der Waals surface area contributed by atoms with Crippen LogP contribution in [-0.4, -0.2) is 43.2 Å². The van der Waals surface area contributed by atoms with Crippen molar-refractivity contribution < 1.29 is 24.1 Å². The fraction of sp³-hybridized carbons (Fsp3) is 0.581. The van der Waals surface area contributed by atoms with Crippen molar-refractivity contribution in [2.45, 2.75) is 77.4 Å². The monoisotopic (exact) mass is 507 g/mol. The van der Waals surface area contributed by atoms with E-state index in [2.05, 4.69) is 31.3 Å². The molecule has 0 aromatic heterocycles. The van der Waals surface area contributed by atoms with Gasteiger partial charge in [-0.25, -0.2) is 0 Å². The van der Waals surface area contributed by atoms with Gasteiger partial charge in [-0.15, -0.1) is 0 Å². The summed E-state index contributed by atoms with van der Waals surface area (Å²) in [5.41, 5.74) is 1.88. The molecule has 6 heteroatoms. The Kier molecular flexibility index (Phi) is 7.62. The predicted octanol–water partition coefficient (Wildman–Crippen LogP) is 4.88. The minimum absolute atomic E-state index is 0.0248. The number of carbonyl (C=O) groups is 1. The minimum Gasteiger partial charge on any atom is -0.496 e. The maximum absolute atomic E-state index is 13.1. The van der Waals surface area contributed by atoms with E-state index >= 15 is 0 Å². The van der Waals surface area contributed by atoms with Gasteiger partial charge in [0.15, 0.2) is 6.29 Å². The van der Waals surface area contributed by atoms with Crippen LogP contribution in [0.3, 0.4) is 0 Å². The number of hydrogen-bond acceptors (Lipinski definition) is 5. The van der Waals surface area contributed by atoms with Gasteiger partial charge in [0.25, 0.3) is 0 Å². The third-order valence-electron chi connectivity index (χ3n) is 9.55. The van der Waals surface area contributed by atoms with E-state index in [1.54, 1.807) is 7.11 Å². The van der Waals surface area contributed by atoms with Gasteiger partial charge < -0.3 is 24.6 Å². The summed E-state index contributed by atoms with van der Waals surface area (Å²) in [7, 11) is 1.64. The Labute approximate surface area is 220 Å². The van der Waals surface area contributed by atoms with Crippen molar-refractivity contribution in [2.24, 2.45) is 22.7 Å². The van der Waals surface area contributed by atoms with Gasteiger partial charge in [-0.3, -0.25) is 4.79 Å². The summed E-state index contributed by atoms with van der Waals surface area (Å²) in [6.07, 6.45) is 4.00. The molecule has 2 N–H and O–H groups in total. The standard InChI is InChI=1S/C31H41NO5/c1-30-16-15-27-31(2,20-36-29(37-27)17-21-9-5-4-6-10-21)26(30)14-13-24(33)23(30)18-28(34)32-19-22-11-7-8-12-25(22)35-3/h4-12,23-24,26-27,29,33H,13-20H2,1-3H3,(H,32,34)/t23-,24-,26-,27-,29-,30+,31+/m1/s1. The first-order chi connectivity index (χ1) is 17.8. The number of aliphatic hydroxyl groups excluding tert-OH is 1. The number of ether oxygens (including phenoxy) is 3. The highest BCUT2D eigenvalue weighted by Crippen LogP contribution is 2.62. The fourth-order valence-corrected chi connectivity index (χ4v) is 7.51. The number of amides is 1. The van der Waals surface area contributed by atoms with Crippen LogP contribution in [0.4, 0.5) is 0 Å². The van der Waals surface area contributed by atoms with Crippen LogP contribution in [0.2, 0.25) is 0 Å². The highest BCUT2D eigenvalue weighted by atomic mass is 16.7. The molecule has 0 unspecified atom stereocenters. The molecule has 1 saturated heterocycles. The van der Waals surface area contributed by atoms with Crippen molar-refractivity contribution in [2.75, 3.05) is 13.7 Å². The normalized spacial score (nSPS) is 35.2. The number of methoxy groups -OCH3 is 1. The molecule has 6 nitrogen and oxygen atoms in total. The smallest absolute Gasteiger partial charge is 0.220 e. The average molecular weight is 508 g/mol. The zero-order chi connectivity index (χ0) is 26.0. The van der Waals surface area contributed by atoms with Crippen molar-refractivity contribution in [3.63, 3.8) is 0 Å². The van der Waals surface area contributed by atoms with E-state index in [0.29, 0.717) is 31.9 Å². The van der Waals surface area contributed by atoms with Crippen LogP contribution in [0.5, 0.6) is 5.75 Å². The topological polar surface area (TPSA) is 77.0 Å². The summed E-state index contributed by atoms with van der Waals surface area (Å²) in [6, 6.07) is 18.1. The van der Waals surface area contributed by atoms with E-state index in [1.807, 2.05) is 42.5 Å². The van der Waals surface area contributed by atoms with Gasteiger partial charge >= 0.3 is 0 Å². The SMILES string of the molecule is COc1ccccc1CNC(=O)C[C@@H]1[C@H](O)CC[C@H]2[C@]3(C)CO[C@@H](Cc4ccccc4)O[C@@H]3CC[C@]21C. The highest BCUT2D eigenvalue weighted by molar-refractivity contribution is 5.76. The van der Waals surface area contributed by atoms with E-state index in [1.165, 1.54) is 5.56 Å². The predicted molar refractivity (Wildman–Crippen MR) is 142 cm³/mol. The van der Waals surface area contributed by atoms with Gasteiger partial charge in [-0.2, -0.15) is 0 Å². The Bertz CT molecular complexity index is 1080. The number of carbonyl (C=O) groups excluding carboxylic acids is 1. The molecule has 7 atom stereocenters. The van der Waals surface area contributed by atoms with Crippen molar-refractivity contribution in [1.29, 1.82) is 0 Å². The molecule has 2 aromatic rings.